The molecule has 0 aromatic rings. The van der Waals surface area contributed by atoms with Gasteiger partial charge < -0.3 is 0 Å². The largest absolute Gasteiger partial charge is 0.192 e. The molecule has 0 aliphatic carbocycles. The van der Waals surface area contributed by atoms with Gasteiger partial charge in [-0.05, 0) is 48.7 Å². The zero-order valence-corrected chi connectivity index (χ0v) is 25.3. The SMILES string of the molecule is CCCSC1=C(SCCC)SC(=C(C#N)C(C#N)=C2SC(SCCC)=C(SCCC)S2)S1. The minimum absolute atomic E-state index is 0.542. The van der Waals surface area contributed by atoms with Crippen LogP contribution >= 0.6 is 94.1 Å². The summed E-state index contributed by atoms with van der Waals surface area (Å²) >= 11 is 14.3. The second kappa shape index (κ2) is 16.4. The van der Waals surface area contributed by atoms with Crippen molar-refractivity contribution in [3.63, 3.8) is 0 Å². The molecule has 2 nitrogen and oxygen atoms in total. The molecule has 0 N–H and O–H groups in total. The van der Waals surface area contributed by atoms with E-state index in [4.69, 9.17) is 0 Å². The number of rotatable bonds is 13. The zero-order valence-electron chi connectivity index (χ0n) is 18.8. The third kappa shape index (κ3) is 8.45. The van der Waals surface area contributed by atoms with Crippen LogP contribution in [0.3, 0.4) is 0 Å². The summed E-state index contributed by atoms with van der Waals surface area (Å²) < 4.78 is 7.11. The Morgan fingerprint density at radius 3 is 1.00 bits per heavy atom. The van der Waals surface area contributed by atoms with Crippen LogP contribution in [0.25, 0.3) is 0 Å². The van der Waals surface area contributed by atoms with Crippen LogP contribution in [0.1, 0.15) is 53.4 Å². The average molecular weight is 577 g/mol. The second-order valence-corrected chi connectivity index (χ2v) is 16.6. The van der Waals surface area contributed by atoms with Crippen molar-refractivity contribution in [3.8, 4) is 12.1 Å². The summed E-state index contributed by atoms with van der Waals surface area (Å²) in [6, 6.07) is 4.79. The second-order valence-electron chi connectivity index (χ2n) is 6.50. The number of nitrogens with zero attached hydrogens (tertiary/aromatic N) is 2. The molecule has 2 aliphatic rings. The van der Waals surface area contributed by atoms with Crippen molar-refractivity contribution in [1.29, 1.82) is 10.5 Å². The van der Waals surface area contributed by atoms with Crippen molar-refractivity contribution in [1.82, 2.24) is 0 Å². The molecule has 2 rings (SSSR count). The van der Waals surface area contributed by atoms with Gasteiger partial charge in [-0.15, -0.1) is 47.0 Å². The molecule has 0 aromatic heterocycles. The van der Waals surface area contributed by atoms with Crippen LogP contribution in [0.4, 0.5) is 0 Å². The van der Waals surface area contributed by atoms with Gasteiger partial charge in [0.1, 0.15) is 12.1 Å². The number of allylic oxidation sites excluding steroid dienone is 2. The molecular formula is C22H28N2S8. The number of hydrogen-bond donors (Lipinski definition) is 0. The number of hydrogen-bond acceptors (Lipinski definition) is 10. The summed E-state index contributed by atoms with van der Waals surface area (Å²) in [5.41, 5.74) is 1.08. The molecule has 2 heterocycles. The summed E-state index contributed by atoms with van der Waals surface area (Å²) in [5.74, 6) is 4.30. The molecular weight excluding hydrogens is 549 g/mol. The molecule has 32 heavy (non-hydrogen) atoms. The van der Waals surface area contributed by atoms with Gasteiger partial charge in [-0.1, -0.05) is 74.7 Å². The topological polar surface area (TPSA) is 47.6 Å². The molecule has 0 amide bonds. The maximum Gasteiger partial charge on any atom is 0.102 e. The van der Waals surface area contributed by atoms with Gasteiger partial charge >= 0.3 is 0 Å². The van der Waals surface area contributed by atoms with E-state index >= 15 is 0 Å². The first kappa shape index (κ1) is 29.0. The smallest absolute Gasteiger partial charge is 0.102 e. The summed E-state index contributed by atoms with van der Waals surface area (Å²) in [4.78, 5) is 0. The van der Waals surface area contributed by atoms with Crippen molar-refractivity contribution in [2.45, 2.75) is 53.4 Å². The van der Waals surface area contributed by atoms with Crippen LogP contribution in [0.5, 0.6) is 0 Å². The first-order valence-corrected chi connectivity index (χ1v) is 17.8. The average Bonchev–Trinajstić information content (AvgIpc) is 3.40. The van der Waals surface area contributed by atoms with E-state index in [0.717, 1.165) is 57.2 Å². The Kier molecular flexibility index (Phi) is 14.9. The van der Waals surface area contributed by atoms with Gasteiger partial charge in [0.25, 0.3) is 0 Å². The molecule has 2 aliphatic heterocycles. The third-order valence-electron chi connectivity index (χ3n) is 3.71. The van der Waals surface area contributed by atoms with E-state index in [9.17, 15) is 10.5 Å². The van der Waals surface area contributed by atoms with Gasteiger partial charge in [0, 0.05) is 0 Å². The molecule has 10 heteroatoms. The van der Waals surface area contributed by atoms with Crippen molar-refractivity contribution in [2.24, 2.45) is 0 Å². The standard InChI is InChI=1S/C22H28N2S8/c1-5-9-25-19-20(26-10-6-2)30-17(29-19)15(13-23)16(14-24)18-31-21(27-11-7-3)22(32-18)28-12-8-4/h5-12H2,1-4H3. The third-order valence-corrected chi connectivity index (χ3v) is 15.6. The molecule has 0 atom stereocenters. The quantitative estimate of drug-likeness (QED) is 0.198. The zero-order chi connectivity index (χ0) is 23.3. The molecule has 0 saturated carbocycles. The van der Waals surface area contributed by atoms with Crippen LogP contribution in [0.2, 0.25) is 0 Å². The van der Waals surface area contributed by atoms with E-state index in [2.05, 4.69) is 39.8 Å². The van der Waals surface area contributed by atoms with Crippen molar-refractivity contribution < 1.29 is 0 Å². The fourth-order valence-corrected chi connectivity index (χ4v) is 13.6. The van der Waals surface area contributed by atoms with E-state index in [1.165, 1.54) is 16.9 Å². The van der Waals surface area contributed by atoms with Gasteiger partial charge in [-0.3, -0.25) is 0 Å². The lowest BCUT2D eigenvalue weighted by Crippen LogP contribution is -1.89. The molecule has 0 spiro atoms. The summed E-state index contributed by atoms with van der Waals surface area (Å²) in [7, 11) is 0. The van der Waals surface area contributed by atoms with Crippen LogP contribution in [-0.2, 0) is 0 Å². The van der Waals surface area contributed by atoms with Crippen LogP contribution in [0, 0.1) is 22.7 Å². The van der Waals surface area contributed by atoms with Gasteiger partial charge in [-0.25, -0.2) is 0 Å². The highest BCUT2D eigenvalue weighted by Gasteiger charge is 2.30. The van der Waals surface area contributed by atoms with E-state index in [1.54, 1.807) is 47.0 Å². The Morgan fingerprint density at radius 2 is 0.812 bits per heavy atom. The summed E-state index contributed by atoms with van der Waals surface area (Å²) in [5, 5.41) is 20.2. The van der Waals surface area contributed by atoms with Crippen molar-refractivity contribution in [3.05, 3.63) is 36.6 Å². The van der Waals surface area contributed by atoms with E-state index < -0.39 is 0 Å². The molecule has 0 saturated heterocycles. The van der Waals surface area contributed by atoms with Crippen LogP contribution in [0.15, 0.2) is 36.6 Å². The first-order chi connectivity index (χ1) is 15.6. The Bertz CT molecular complexity index is 757. The van der Waals surface area contributed by atoms with E-state index in [0.29, 0.717) is 11.1 Å². The minimum Gasteiger partial charge on any atom is -0.192 e. The van der Waals surface area contributed by atoms with E-state index in [1.807, 2.05) is 47.0 Å². The Balaban J connectivity index is 2.34. The lowest BCUT2D eigenvalue weighted by Gasteiger charge is -2.05. The number of nitriles is 2. The molecule has 174 valence electrons. The molecule has 0 bridgehead atoms. The highest BCUT2D eigenvalue weighted by Crippen LogP contribution is 2.62. The fraction of sp³-hybridized carbons (Fsp3) is 0.545. The fourth-order valence-electron chi connectivity index (χ4n) is 2.29. The lowest BCUT2D eigenvalue weighted by molar-refractivity contribution is 1.11. The maximum absolute atomic E-state index is 10.1. The molecule has 0 radical (unpaired) electrons. The Labute approximate surface area is 227 Å². The normalized spacial score (nSPS) is 16.1. The molecule has 0 aromatic carbocycles. The Morgan fingerprint density at radius 1 is 0.562 bits per heavy atom. The molecule has 0 fully saturated rings. The predicted octanol–water partition coefficient (Wildman–Crippen LogP) is 10.2. The molecule has 0 unspecified atom stereocenters. The van der Waals surface area contributed by atoms with Gasteiger partial charge in [0.2, 0.25) is 0 Å². The van der Waals surface area contributed by atoms with Crippen molar-refractivity contribution in [2.75, 3.05) is 23.0 Å². The Hall–Kier alpha value is 0.740. The summed E-state index contributed by atoms with van der Waals surface area (Å²) in [6.07, 6.45) is 4.49. The highest BCUT2D eigenvalue weighted by atomic mass is 32.3. The van der Waals surface area contributed by atoms with Crippen molar-refractivity contribution >= 4 is 94.1 Å². The highest BCUT2D eigenvalue weighted by molar-refractivity contribution is 8.41. The van der Waals surface area contributed by atoms with Crippen LogP contribution in [-0.4, -0.2) is 23.0 Å². The predicted molar refractivity (Wildman–Crippen MR) is 161 cm³/mol. The monoisotopic (exact) mass is 576 g/mol. The van der Waals surface area contributed by atoms with E-state index in [-0.39, 0.29) is 0 Å². The van der Waals surface area contributed by atoms with Gasteiger partial charge in [0.05, 0.1) is 36.6 Å². The minimum atomic E-state index is 0.542. The lowest BCUT2D eigenvalue weighted by atomic mass is 10.2. The first-order valence-electron chi connectivity index (χ1n) is 10.6. The van der Waals surface area contributed by atoms with Crippen LogP contribution < -0.4 is 0 Å². The van der Waals surface area contributed by atoms with Gasteiger partial charge in [-0.2, -0.15) is 10.5 Å². The maximum atomic E-state index is 10.1. The number of thioether (sulfide) groups is 8. The summed E-state index contributed by atoms with van der Waals surface area (Å²) in [6.45, 7) is 8.77. The van der Waals surface area contributed by atoms with Gasteiger partial charge in [0.15, 0.2) is 0 Å².